The molecule has 1 heterocycles. The molecule has 5 heteroatoms. The Morgan fingerprint density at radius 2 is 1.73 bits per heavy atom. The number of rotatable bonds is 7. The molecule has 2 aromatic carbocycles. The third kappa shape index (κ3) is 4.90. The van der Waals surface area contributed by atoms with Gasteiger partial charge in [0.05, 0.1) is 12.5 Å². The monoisotopic (exact) mass is 406 g/mol. The molecular weight excluding hydrogens is 376 g/mol. The summed E-state index contributed by atoms with van der Waals surface area (Å²) in [6.07, 6.45) is 5.34. The van der Waals surface area contributed by atoms with Crippen molar-refractivity contribution in [1.29, 1.82) is 0 Å². The van der Waals surface area contributed by atoms with Crippen LogP contribution in [0.5, 0.6) is 5.75 Å². The number of benzene rings is 2. The topological polar surface area (TPSA) is 58.6 Å². The summed E-state index contributed by atoms with van der Waals surface area (Å²) in [5.74, 6) is 0.879. The van der Waals surface area contributed by atoms with Crippen LogP contribution in [0.25, 0.3) is 0 Å². The predicted molar refractivity (Wildman–Crippen MR) is 118 cm³/mol. The van der Waals surface area contributed by atoms with Gasteiger partial charge in [-0.1, -0.05) is 48.5 Å². The molecule has 1 saturated heterocycles. The molecule has 0 radical (unpaired) electrons. The molecular formula is C25H30N2O3. The van der Waals surface area contributed by atoms with Gasteiger partial charge in [0, 0.05) is 19.6 Å². The number of likely N-dealkylation sites (tertiary alicyclic amines) is 1. The molecule has 0 atom stereocenters. The van der Waals surface area contributed by atoms with Gasteiger partial charge >= 0.3 is 0 Å². The van der Waals surface area contributed by atoms with E-state index in [1.165, 1.54) is 0 Å². The first kappa shape index (κ1) is 21.6. The van der Waals surface area contributed by atoms with Crippen LogP contribution in [0.15, 0.2) is 66.7 Å². The van der Waals surface area contributed by atoms with Crippen LogP contribution < -0.4 is 10.1 Å². The minimum absolute atomic E-state index is 0.0130. The second-order valence-corrected chi connectivity index (χ2v) is 7.63. The van der Waals surface area contributed by atoms with E-state index in [4.69, 9.17) is 4.74 Å². The lowest BCUT2D eigenvalue weighted by Gasteiger charge is -2.40. The number of carbonyl (C=O) groups excluding carboxylic acids is 2. The molecule has 3 rings (SSSR count). The predicted octanol–water partition coefficient (Wildman–Crippen LogP) is 3.49. The summed E-state index contributed by atoms with van der Waals surface area (Å²) in [4.78, 5) is 27.4. The second-order valence-electron chi connectivity index (χ2n) is 7.63. The molecule has 158 valence electrons. The van der Waals surface area contributed by atoms with Crippen LogP contribution in [0.1, 0.15) is 30.9 Å². The van der Waals surface area contributed by atoms with Crippen LogP contribution in [0.2, 0.25) is 0 Å². The fourth-order valence-corrected chi connectivity index (χ4v) is 4.04. The first-order valence-corrected chi connectivity index (χ1v) is 10.5. The normalized spacial score (nSPS) is 15.7. The van der Waals surface area contributed by atoms with E-state index in [1.54, 1.807) is 19.3 Å². The summed E-state index contributed by atoms with van der Waals surface area (Å²) in [6, 6.07) is 17.8. The molecule has 0 aliphatic carbocycles. The number of piperidine rings is 1. The van der Waals surface area contributed by atoms with Crippen LogP contribution >= 0.6 is 0 Å². The fourth-order valence-electron chi connectivity index (χ4n) is 4.04. The first-order valence-electron chi connectivity index (χ1n) is 10.5. The Hall–Kier alpha value is -3.08. The van der Waals surface area contributed by atoms with Gasteiger partial charge in [0.2, 0.25) is 11.8 Å². The van der Waals surface area contributed by atoms with E-state index in [0.717, 1.165) is 23.3 Å². The molecule has 1 N–H and O–H groups in total. The number of hydrogen-bond donors (Lipinski definition) is 1. The quantitative estimate of drug-likeness (QED) is 0.716. The Bertz CT molecular complexity index is 867. The average molecular weight is 407 g/mol. The first-order chi connectivity index (χ1) is 14.6. The Morgan fingerprint density at radius 1 is 1.07 bits per heavy atom. The van der Waals surface area contributed by atoms with E-state index in [-0.39, 0.29) is 11.8 Å². The summed E-state index contributed by atoms with van der Waals surface area (Å²) in [7, 11) is 1.65. The van der Waals surface area contributed by atoms with Gasteiger partial charge in [-0.25, -0.2) is 0 Å². The number of ether oxygens (including phenoxy) is 1. The van der Waals surface area contributed by atoms with Gasteiger partial charge in [0.1, 0.15) is 5.75 Å². The number of amides is 2. The Balaban J connectivity index is 1.68. The second kappa shape index (κ2) is 10.1. The lowest BCUT2D eigenvalue weighted by Crippen LogP contribution is -2.52. The maximum absolute atomic E-state index is 13.4. The van der Waals surface area contributed by atoms with Crippen molar-refractivity contribution in [3.8, 4) is 5.75 Å². The van der Waals surface area contributed by atoms with Crippen molar-refractivity contribution >= 4 is 11.8 Å². The van der Waals surface area contributed by atoms with Crippen LogP contribution in [-0.4, -0.2) is 43.5 Å². The van der Waals surface area contributed by atoms with E-state index in [2.05, 4.69) is 5.32 Å². The third-order valence-electron chi connectivity index (χ3n) is 5.86. The van der Waals surface area contributed by atoms with Crippen molar-refractivity contribution in [1.82, 2.24) is 10.2 Å². The van der Waals surface area contributed by atoms with Crippen LogP contribution in [0, 0.1) is 0 Å². The van der Waals surface area contributed by atoms with E-state index in [9.17, 15) is 9.59 Å². The number of nitrogens with one attached hydrogen (secondary N) is 1. The molecule has 0 aromatic heterocycles. The smallest absolute Gasteiger partial charge is 0.246 e. The van der Waals surface area contributed by atoms with Gasteiger partial charge < -0.3 is 15.0 Å². The zero-order chi connectivity index (χ0) is 21.4. The molecule has 0 bridgehead atoms. The number of carbonyl (C=O) groups is 2. The number of nitrogens with zero attached hydrogens (tertiary/aromatic N) is 1. The SMILES string of the molecule is C/C=C/C(=O)N1CCC(C(=O)NCCc2ccc(OC)cc2)(c2ccccc2)CC1. The third-order valence-corrected chi connectivity index (χ3v) is 5.86. The molecule has 30 heavy (non-hydrogen) atoms. The van der Waals surface area contributed by atoms with Crippen LogP contribution in [-0.2, 0) is 21.4 Å². The van der Waals surface area contributed by atoms with Crippen molar-refractivity contribution < 1.29 is 14.3 Å². The van der Waals surface area contributed by atoms with Crippen molar-refractivity contribution in [3.05, 3.63) is 77.9 Å². The highest BCUT2D eigenvalue weighted by atomic mass is 16.5. The lowest BCUT2D eigenvalue weighted by atomic mass is 9.72. The maximum Gasteiger partial charge on any atom is 0.246 e. The van der Waals surface area contributed by atoms with Crippen molar-refractivity contribution in [3.63, 3.8) is 0 Å². The van der Waals surface area contributed by atoms with Gasteiger partial charge in [-0.05, 0) is 55.5 Å². The minimum atomic E-state index is -0.603. The van der Waals surface area contributed by atoms with Crippen molar-refractivity contribution in [2.24, 2.45) is 0 Å². The summed E-state index contributed by atoms with van der Waals surface area (Å²) in [5.41, 5.74) is 1.56. The van der Waals surface area contributed by atoms with Crippen LogP contribution in [0.4, 0.5) is 0 Å². The highest BCUT2D eigenvalue weighted by molar-refractivity contribution is 5.90. The Morgan fingerprint density at radius 3 is 2.33 bits per heavy atom. The lowest BCUT2D eigenvalue weighted by molar-refractivity contribution is -0.133. The molecule has 5 nitrogen and oxygen atoms in total. The summed E-state index contributed by atoms with van der Waals surface area (Å²) >= 11 is 0. The molecule has 0 saturated carbocycles. The van der Waals surface area contributed by atoms with Gasteiger partial charge in [-0.3, -0.25) is 9.59 Å². The molecule has 1 fully saturated rings. The van der Waals surface area contributed by atoms with E-state index in [1.807, 2.05) is 66.4 Å². The zero-order valence-corrected chi connectivity index (χ0v) is 17.8. The number of allylic oxidation sites excluding steroid dienone is 1. The minimum Gasteiger partial charge on any atom is -0.497 e. The van der Waals surface area contributed by atoms with Gasteiger partial charge in [-0.2, -0.15) is 0 Å². The van der Waals surface area contributed by atoms with E-state index >= 15 is 0 Å². The molecule has 2 amide bonds. The van der Waals surface area contributed by atoms with E-state index < -0.39 is 5.41 Å². The van der Waals surface area contributed by atoms with Gasteiger partial charge in [0.25, 0.3) is 0 Å². The summed E-state index contributed by atoms with van der Waals surface area (Å²) in [5, 5.41) is 3.15. The standard InChI is InChI=1S/C25H30N2O3/c1-3-7-23(28)27-18-15-25(16-19-27,21-8-5-4-6-9-21)24(29)26-17-14-20-10-12-22(30-2)13-11-20/h3-13H,14-19H2,1-2H3,(H,26,29)/b7-3+. The highest BCUT2D eigenvalue weighted by Crippen LogP contribution is 2.36. The molecule has 1 aliphatic heterocycles. The van der Waals surface area contributed by atoms with E-state index in [0.29, 0.717) is 32.5 Å². The molecule has 1 aliphatic rings. The molecule has 0 unspecified atom stereocenters. The van der Waals surface area contributed by atoms with Gasteiger partial charge in [-0.15, -0.1) is 0 Å². The zero-order valence-electron chi connectivity index (χ0n) is 17.8. The average Bonchev–Trinajstić information content (AvgIpc) is 2.80. The van der Waals surface area contributed by atoms with Gasteiger partial charge in [0.15, 0.2) is 0 Å². The summed E-state index contributed by atoms with van der Waals surface area (Å²) < 4.78 is 5.19. The van der Waals surface area contributed by atoms with Crippen LogP contribution in [0.3, 0.4) is 0 Å². The summed E-state index contributed by atoms with van der Waals surface area (Å²) in [6.45, 7) is 3.56. The highest BCUT2D eigenvalue weighted by Gasteiger charge is 2.43. The molecule has 0 spiro atoms. The maximum atomic E-state index is 13.4. The fraction of sp³-hybridized carbons (Fsp3) is 0.360. The molecule has 2 aromatic rings. The Labute approximate surface area is 178 Å². The number of methoxy groups -OCH3 is 1. The Kier molecular flexibility index (Phi) is 7.28. The van der Waals surface area contributed by atoms with Crippen molar-refractivity contribution in [2.45, 2.75) is 31.6 Å². The largest absolute Gasteiger partial charge is 0.497 e. The van der Waals surface area contributed by atoms with Crippen molar-refractivity contribution in [2.75, 3.05) is 26.7 Å². The number of hydrogen-bond acceptors (Lipinski definition) is 3.